The van der Waals surface area contributed by atoms with Crippen LogP contribution < -0.4 is 4.90 Å². The van der Waals surface area contributed by atoms with Crippen molar-refractivity contribution in [3.8, 4) is 11.5 Å². The topological polar surface area (TPSA) is 93.1 Å². The summed E-state index contributed by atoms with van der Waals surface area (Å²) in [5, 5.41) is 17.2. The third kappa shape index (κ3) is 2.46. The van der Waals surface area contributed by atoms with E-state index in [1.807, 2.05) is 23.0 Å². The molecule has 0 aromatic carbocycles. The molecule has 1 aliphatic heterocycles. The number of hydrogen-bond donors (Lipinski definition) is 1. The maximum absolute atomic E-state index is 9.11. The molecule has 0 saturated carbocycles. The van der Waals surface area contributed by atoms with Crippen molar-refractivity contribution in [3.05, 3.63) is 41.6 Å². The van der Waals surface area contributed by atoms with Crippen LogP contribution in [0.5, 0.6) is 0 Å². The lowest BCUT2D eigenvalue weighted by molar-refractivity contribution is 0.267. The fraction of sp³-hybridized carbons (Fsp3) is 0.333. The van der Waals surface area contributed by atoms with E-state index >= 15 is 0 Å². The Morgan fingerprint density at radius 2 is 2.26 bits per heavy atom. The number of rotatable bonds is 4. The molecule has 4 rings (SSSR count). The van der Waals surface area contributed by atoms with Gasteiger partial charge in [0, 0.05) is 23.9 Å². The Balaban J connectivity index is 1.60. The molecular formula is C15H16N6O2. The molecule has 0 bridgehead atoms. The third-order valence-electron chi connectivity index (χ3n) is 3.89. The van der Waals surface area contributed by atoms with Crippen LogP contribution in [0, 0.1) is 6.92 Å². The highest BCUT2D eigenvalue weighted by atomic mass is 16.5. The van der Waals surface area contributed by atoms with E-state index in [-0.39, 0.29) is 6.61 Å². The standard InChI is InChI=1S/C15H16N6O2/c1-10-18-15(23-19-10)11-2-3-16-14(6-11)20-8-12-7-17-21(4-5-22)13(12)9-20/h2-3,6-7,22H,4-5,8-9H2,1H3. The van der Waals surface area contributed by atoms with Gasteiger partial charge in [0.05, 0.1) is 31.6 Å². The number of aliphatic hydroxyl groups excluding tert-OH is 1. The molecule has 8 heteroatoms. The smallest absolute Gasteiger partial charge is 0.258 e. The monoisotopic (exact) mass is 312 g/mol. The molecule has 23 heavy (non-hydrogen) atoms. The average Bonchev–Trinajstić information content (AvgIpc) is 3.25. The minimum Gasteiger partial charge on any atom is -0.394 e. The lowest BCUT2D eigenvalue weighted by atomic mass is 10.2. The molecule has 8 nitrogen and oxygen atoms in total. The van der Waals surface area contributed by atoms with Crippen molar-refractivity contribution in [2.75, 3.05) is 11.5 Å². The lowest BCUT2D eigenvalue weighted by Gasteiger charge is -2.17. The molecule has 3 aromatic rings. The van der Waals surface area contributed by atoms with Crippen molar-refractivity contribution >= 4 is 5.82 Å². The number of nitrogens with zero attached hydrogens (tertiary/aromatic N) is 6. The molecule has 3 aromatic heterocycles. The van der Waals surface area contributed by atoms with Crippen LogP contribution in [0.15, 0.2) is 29.0 Å². The summed E-state index contributed by atoms with van der Waals surface area (Å²) in [5.41, 5.74) is 3.14. The second-order valence-electron chi connectivity index (χ2n) is 5.47. The van der Waals surface area contributed by atoms with E-state index in [1.54, 1.807) is 13.1 Å². The maximum atomic E-state index is 9.11. The fourth-order valence-corrected chi connectivity index (χ4v) is 2.80. The van der Waals surface area contributed by atoms with Crippen LogP contribution in [0.4, 0.5) is 5.82 Å². The highest BCUT2D eigenvalue weighted by molar-refractivity contribution is 5.59. The van der Waals surface area contributed by atoms with E-state index in [9.17, 15) is 0 Å². The van der Waals surface area contributed by atoms with Gasteiger partial charge in [0.1, 0.15) is 5.82 Å². The Morgan fingerprint density at radius 1 is 1.35 bits per heavy atom. The SMILES string of the molecule is Cc1noc(-c2ccnc(N3Cc4cnn(CCO)c4C3)c2)n1. The van der Waals surface area contributed by atoms with Crippen LogP contribution in [-0.2, 0) is 19.6 Å². The average molecular weight is 312 g/mol. The van der Waals surface area contributed by atoms with Crippen molar-refractivity contribution in [2.24, 2.45) is 0 Å². The van der Waals surface area contributed by atoms with Crippen molar-refractivity contribution in [3.63, 3.8) is 0 Å². The molecule has 118 valence electrons. The van der Waals surface area contributed by atoms with Crippen molar-refractivity contribution in [1.82, 2.24) is 24.9 Å². The molecule has 1 aliphatic rings. The zero-order valence-electron chi connectivity index (χ0n) is 12.7. The van der Waals surface area contributed by atoms with Gasteiger partial charge < -0.3 is 14.5 Å². The van der Waals surface area contributed by atoms with E-state index in [2.05, 4.69) is 25.1 Å². The van der Waals surface area contributed by atoms with Crippen LogP contribution in [0.2, 0.25) is 0 Å². The summed E-state index contributed by atoms with van der Waals surface area (Å²) in [7, 11) is 0. The van der Waals surface area contributed by atoms with Gasteiger partial charge in [0.2, 0.25) is 0 Å². The van der Waals surface area contributed by atoms with Gasteiger partial charge in [-0.25, -0.2) is 4.98 Å². The van der Waals surface area contributed by atoms with Crippen molar-refractivity contribution < 1.29 is 9.63 Å². The van der Waals surface area contributed by atoms with Crippen LogP contribution in [0.25, 0.3) is 11.5 Å². The van der Waals surface area contributed by atoms with Crippen LogP contribution in [0.1, 0.15) is 17.1 Å². The second kappa shape index (κ2) is 5.47. The summed E-state index contributed by atoms with van der Waals surface area (Å²) in [5.74, 6) is 1.95. The first-order chi connectivity index (χ1) is 11.2. The van der Waals surface area contributed by atoms with Gasteiger partial charge in [-0.15, -0.1) is 0 Å². The van der Waals surface area contributed by atoms with Gasteiger partial charge in [-0.1, -0.05) is 5.16 Å². The first kappa shape index (κ1) is 13.9. The zero-order chi connectivity index (χ0) is 15.8. The summed E-state index contributed by atoms with van der Waals surface area (Å²) < 4.78 is 7.06. The molecule has 0 fully saturated rings. The van der Waals surface area contributed by atoms with E-state index in [1.165, 1.54) is 5.56 Å². The van der Waals surface area contributed by atoms with Gasteiger partial charge in [-0.2, -0.15) is 10.1 Å². The van der Waals surface area contributed by atoms with Crippen molar-refractivity contribution in [1.29, 1.82) is 0 Å². The van der Waals surface area contributed by atoms with Gasteiger partial charge in [-0.05, 0) is 19.1 Å². The largest absolute Gasteiger partial charge is 0.394 e. The molecule has 0 unspecified atom stereocenters. The molecule has 0 amide bonds. The van der Waals surface area contributed by atoms with E-state index < -0.39 is 0 Å². The van der Waals surface area contributed by atoms with E-state index in [0.29, 0.717) is 24.8 Å². The van der Waals surface area contributed by atoms with Gasteiger partial charge in [-0.3, -0.25) is 4.68 Å². The molecular weight excluding hydrogens is 296 g/mol. The Bertz CT molecular complexity index is 840. The van der Waals surface area contributed by atoms with E-state index in [4.69, 9.17) is 9.63 Å². The number of hydrogen-bond acceptors (Lipinski definition) is 7. The molecule has 0 saturated heterocycles. The van der Waals surface area contributed by atoms with Crippen molar-refractivity contribution in [2.45, 2.75) is 26.6 Å². The van der Waals surface area contributed by atoms with Crippen LogP contribution in [-0.4, -0.2) is 36.6 Å². The highest BCUT2D eigenvalue weighted by Gasteiger charge is 2.24. The van der Waals surface area contributed by atoms with Gasteiger partial charge in [0.15, 0.2) is 5.82 Å². The number of aromatic nitrogens is 5. The fourth-order valence-electron chi connectivity index (χ4n) is 2.80. The predicted molar refractivity (Wildman–Crippen MR) is 81.5 cm³/mol. The Hall–Kier alpha value is -2.74. The molecule has 0 radical (unpaired) electrons. The molecule has 4 heterocycles. The molecule has 0 atom stereocenters. The third-order valence-corrected chi connectivity index (χ3v) is 3.89. The summed E-state index contributed by atoms with van der Waals surface area (Å²) in [4.78, 5) is 10.9. The predicted octanol–water partition coefficient (Wildman–Crippen LogP) is 1.15. The minimum absolute atomic E-state index is 0.0817. The number of anilines is 1. The molecule has 1 N–H and O–H groups in total. The van der Waals surface area contributed by atoms with E-state index in [0.717, 1.165) is 23.6 Å². The second-order valence-corrected chi connectivity index (χ2v) is 5.47. The Kier molecular flexibility index (Phi) is 3.30. The summed E-state index contributed by atoms with van der Waals surface area (Å²) in [6.07, 6.45) is 3.60. The number of fused-ring (bicyclic) bond motifs is 1. The quantitative estimate of drug-likeness (QED) is 0.772. The minimum atomic E-state index is 0.0817. The van der Waals surface area contributed by atoms with Crippen LogP contribution >= 0.6 is 0 Å². The highest BCUT2D eigenvalue weighted by Crippen LogP contribution is 2.29. The first-order valence-electron chi connectivity index (χ1n) is 7.40. The summed E-state index contributed by atoms with van der Waals surface area (Å²) >= 11 is 0. The first-order valence-corrected chi connectivity index (χ1v) is 7.40. The summed E-state index contributed by atoms with van der Waals surface area (Å²) in [6, 6.07) is 3.80. The number of pyridine rings is 1. The normalized spacial score (nSPS) is 13.6. The summed E-state index contributed by atoms with van der Waals surface area (Å²) in [6.45, 7) is 3.85. The van der Waals surface area contributed by atoms with Gasteiger partial charge in [0.25, 0.3) is 5.89 Å². The zero-order valence-corrected chi connectivity index (χ0v) is 12.7. The number of aliphatic hydroxyl groups is 1. The van der Waals surface area contributed by atoms with Gasteiger partial charge >= 0.3 is 0 Å². The molecule has 0 spiro atoms. The Labute approximate surface area is 132 Å². The Morgan fingerprint density at radius 3 is 3.04 bits per heavy atom. The molecule has 0 aliphatic carbocycles. The lowest BCUT2D eigenvalue weighted by Crippen LogP contribution is -2.18. The maximum Gasteiger partial charge on any atom is 0.258 e. The number of aryl methyl sites for hydroxylation is 1. The van der Waals surface area contributed by atoms with Crippen LogP contribution in [0.3, 0.4) is 0 Å².